The molecule has 1 heterocycles. The van der Waals surface area contributed by atoms with Gasteiger partial charge in [-0.05, 0) is 57.5 Å². The van der Waals surface area contributed by atoms with E-state index in [0.717, 1.165) is 33.5 Å². The van der Waals surface area contributed by atoms with Gasteiger partial charge in [0.25, 0.3) is 0 Å². The maximum absolute atomic E-state index is 13.1. The molecule has 0 fully saturated rings. The number of rotatable bonds is 2. The molecule has 1 unspecified atom stereocenters. The molecular formula is C15H13FINO. The summed E-state index contributed by atoms with van der Waals surface area (Å²) in [7, 11) is 0. The summed E-state index contributed by atoms with van der Waals surface area (Å²) in [6, 6.07) is 10.5. The topological polar surface area (TPSA) is 35.2 Å². The van der Waals surface area contributed by atoms with Crippen molar-refractivity contribution < 1.29 is 9.13 Å². The molecule has 4 heteroatoms. The first-order valence-corrected chi connectivity index (χ1v) is 7.19. The molecule has 0 spiro atoms. The van der Waals surface area contributed by atoms with Gasteiger partial charge in [0.2, 0.25) is 0 Å². The smallest absolute Gasteiger partial charge is 0.124 e. The molecule has 0 saturated heterocycles. The molecule has 0 aromatic heterocycles. The zero-order chi connectivity index (χ0) is 13.4. The first kappa shape index (κ1) is 12.9. The van der Waals surface area contributed by atoms with Crippen molar-refractivity contribution in [2.75, 3.05) is 6.61 Å². The second kappa shape index (κ2) is 5.09. The molecule has 2 nitrogen and oxygen atoms in total. The standard InChI is InChI=1S/C15H13FINO/c16-11-2-3-12(13(17)8-11)15(18)10-1-4-14-9(7-10)5-6-19-14/h1-4,7-8,15H,5-6,18H2. The van der Waals surface area contributed by atoms with Crippen LogP contribution in [-0.2, 0) is 6.42 Å². The van der Waals surface area contributed by atoms with Crippen molar-refractivity contribution in [1.29, 1.82) is 0 Å². The Morgan fingerprint density at radius 3 is 2.84 bits per heavy atom. The number of nitrogens with two attached hydrogens (primary N) is 1. The van der Waals surface area contributed by atoms with Crippen LogP contribution in [0.3, 0.4) is 0 Å². The average molecular weight is 369 g/mol. The first-order chi connectivity index (χ1) is 9.15. The zero-order valence-electron chi connectivity index (χ0n) is 10.2. The Labute approximate surface area is 124 Å². The van der Waals surface area contributed by atoms with Crippen molar-refractivity contribution in [1.82, 2.24) is 0 Å². The Morgan fingerprint density at radius 2 is 2.05 bits per heavy atom. The van der Waals surface area contributed by atoms with Crippen LogP contribution in [0.15, 0.2) is 36.4 Å². The van der Waals surface area contributed by atoms with E-state index in [1.165, 1.54) is 17.7 Å². The van der Waals surface area contributed by atoms with Gasteiger partial charge >= 0.3 is 0 Å². The van der Waals surface area contributed by atoms with Crippen LogP contribution < -0.4 is 10.5 Å². The van der Waals surface area contributed by atoms with Gasteiger partial charge in [-0.1, -0.05) is 18.2 Å². The Kier molecular flexibility index (Phi) is 3.45. The van der Waals surface area contributed by atoms with Crippen LogP contribution in [-0.4, -0.2) is 6.61 Å². The summed E-state index contributed by atoms with van der Waals surface area (Å²) in [6.07, 6.45) is 0.927. The highest BCUT2D eigenvalue weighted by Crippen LogP contribution is 2.31. The van der Waals surface area contributed by atoms with Gasteiger partial charge in [-0.25, -0.2) is 4.39 Å². The molecule has 3 rings (SSSR count). The summed E-state index contributed by atoms with van der Waals surface area (Å²) >= 11 is 2.12. The van der Waals surface area contributed by atoms with Gasteiger partial charge in [0.1, 0.15) is 11.6 Å². The van der Waals surface area contributed by atoms with Crippen LogP contribution >= 0.6 is 22.6 Å². The number of hydrogen-bond donors (Lipinski definition) is 1. The van der Waals surface area contributed by atoms with E-state index in [2.05, 4.69) is 28.7 Å². The molecule has 2 aromatic carbocycles. The van der Waals surface area contributed by atoms with Gasteiger partial charge in [0.05, 0.1) is 12.6 Å². The highest BCUT2D eigenvalue weighted by Gasteiger charge is 2.17. The lowest BCUT2D eigenvalue weighted by Gasteiger charge is -2.15. The second-order valence-corrected chi connectivity index (χ2v) is 5.77. The van der Waals surface area contributed by atoms with Crippen LogP contribution in [0.2, 0.25) is 0 Å². The number of halogens is 2. The van der Waals surface area contributed by atoms with E-state index < -0.39 is 0 Å². The lowest BCUT2D eigenvalue weighted by atomic mass is 9.97. The van der Waals surface area contributed by atoms with Crippen molar-refractivity contribution in [3.05, 3.63) is 62.5 Å². The van der Waals surface area contributed by atoms with Crippen molar-refractivity contribution in [3.8, 4) is 5.75 Å². The number of fused-ring (bicyclic) bond motifs is 1. The minimum absolute atomic E-state index is 0.234. The molecule has 19 heavy (non-hydrogen) atoms. The third-order valence-corrected chi connectivity index (χ3v) is 4.30. The van der Waals surface area contributed by atoms with Gasteiger partial charge in [0.15, 0.2) is 0 Å². The van der Waals surface area contributed by atoms with Gasteiger partial charge in [-0.3, -0.25) is 0 Å². The number of ether oxygens (including phenoxy) is 1. The van der Waals surface area contributed by atoms with Crippen LogP contribution in [0.25, 0.3) is 0 Å². The summed E-state index contributed by atoms with van der Waals surface area (Å²) in [6.45, 7) is 0.738. The monoisotopic (exact) mass is 369 g/mol. The third-order valence-electron chi connectivity index (χ3n) is 3.37. The van der Waals surface area contributed by atoms with Crippen molar-refractivity contribution in [2.45, 2.75) is 12.5 Å². The predicted octanol–water partition coefficient (Wildman–Crippen LogP) is 3.41. The molecule has 1 atom stereocenters. The Balaban J connectivity index is 1.97. The van der Waals surface area contributed by atoms with E-state index in [1.807, 2.05) is 12.1 Å². The molecular weight excluding hydrogens is 356 g/mol. The van der Waals surface area contributed by atoms with Gasteiger partial charge < -0.3 is 10.5 Å². The van der Waals surface area contributed by atoms with Crippen molar-refractivity contribution in [2.24, 2.45) is 5.73 Å². The van der Waals surface area contributed by atoms with Gasteiger partial charge in [0, 0.05) is 9.99 Å². The Morgan fingerprint density at radius 1 is 1.21 bits per heavy atom. The van der Waals surface area contributed by atoms with E-state index in [0.29, 0.717) is 0 Å². The maximum Gasteiger partial charge on any atom is 0.124 e. The fourth-order valence-corrected chi connectivity index (χ4v) is 3.15. The summed E-state index contributed by atoms with van der Waals surface area (Å²) in [5.41, 5.74) is 9.47. The van der Waals surface area contributed by atoms with E-state index in [9.17, 15) is 4.39 Å². The molecule has 0 aliphatic carbocycles. The summed E-state index contributed by atoms with van der Waals surface area (Å²) < 4.78 is 19.5. The lowest BCUT2D eigenvalue weighted by Crippen LogP contribution is -2.13. The van der Waals surface area contributed by atoms with Crippen LogP contribution in [0.1, 0.15) is 22.7 Å². The van der Waals surface area contributed by atoms with Crippen LogP contribution in [0.4, 0.5) is 4.39 Å². The second-order valence-electron chi connectivity index (χ2n) is 4.61. The van der Waals surface area contributed by atoms with E-state index >= 15 is 0 Å². The van der Waals surface area contributed by atoms with Crippen molar-refractivity contribution in [3.63, 3.8) is 0 Å². The van der Waals surface area contributed by atoms with E-state index in [1.54, 1.807) is 6.07 Å². The molecule has 0 bridgehead atoms. The lowest BCUT2D eigenvalue weighted by molar-refractivity contribution is 0.357. The highest BCUT2D eigenvalue weighted by atomic mass is 127. The van der Waals surface area contributed by atoms with Gasteiger partial charge in [-0.2, -0.15) is 0 Å². The normalized spacial score (nSPS) is 14.9. The van der Waals surface area contributed by atoms with Crippen molar-refractivity contribution >= 4 is 22.6 Å². The SMILES string of the molecule is NC(c1ccc2c(c1)CCO2)c1ccc(F)cc1I. The Hall–Kier alpha value is -1.14. The largest absolute Gasteiger partial charge is 0.493 e. The summed E-state index contributed by atoms with van der Waals surface area (Å²) in [5, 5.41) is 0. The molecule has 2 N–H and O–H groups in total. The molecule has 2 aromatic rings. The Bertz CT molecular complexity index is 630. The fourth-order valence-electron chi connectivity index (χ4n) is 2.33. The third kappa shape index (κ3) is 2.47. The van der Waals surface area contributed by atoms with Gasteiger partial charge in [-0.15, -0.1) is 0 Å². The average Bonchev–Trinajstić information content (AvgIpc) is 2.85. The summed E-state index contributed by atoms with van der Waals surface area (Å²) in [5.74, 6) is 0.715. The fraction of sp³-hybridized carbons (Fsp3) is 0.200. The molecule has 0 amide bonds. The van der Waals surface area contributed by atoms with Crippen LogP contribution in [0, 0.1) is 9.39 Å². The maximum atomic E-state index is 13.1. The van der Waals surface area contributed by atoms with E-state index in [-0.39, 0.29) is 11.9 Å². The molecule has 1 aliphatic rings. The number of benzene rings is 2. The molecule has 98 valence electrons. The molecule has 0 radical (unpaired) electrons. The quantitative estimate of drug-likeness (QED) is 0.824. The highest BCUT2D eigenvalue weighted by molar-refractivity contribution is 14.1. The van der Waals surface area contributed by atoms with E-state index in [4.69, 9.17) is 10.5 Å². The van der Waals surface area contributed by atoms with Crippen LogP contribution in [0.5, 0.6) is 5.75 Å². The molecule has 0 saturated carbocycles. The molecule has 1 aliphatic heterocycles. The number of hydrogen-bond acceptors (Lipinski definition) is 2. The minimum atomic E-state index is -0.238. The first-order valence-electron chi connectivity index (χ1n) is 6.11. The zero-order valence-corrected chi connectivity index (χ0v) is 12.4. The summed E-state index contributed by atoms with van der Waals surface area (Å²) in [4.78, 5) is 0. The minimum Gasteiger partial charge on any atom is -0.493 e. The predicted molar refractivity (Wildman–Crippen MR) is 80.8 cm³/mol.